The molecule has 0 aromatic heterocycles. The van der Waals surface area contributed by atoms with E-state index in [1.54, 1.807) is 4.90 Å². The number of fused-ring (bicyclic) bond motifs is 1. The fourth-order valence-corrected chi connectivity index (χ4v) is 4.34. The predicted octanol–water partition coefficient (Wildman–Crippen LogP) is 3.19. The molecule has 2 aliphatic heterocycles. The number of hydrogen-bond acceptors (Lipinski definition) is 5. The van der Waals surface area contributed by atoms with Crippen molar-refractivity contribution in [2.24, 2.45) is 5.92 Å². The molecule has 0 aliphatic carbocycles. The Labute approximate surface area is 185 Å². The SMILES string of the molecule is C=C(C(=O)CC(=O)CC(C)C)C(=O)N1Cc2ccc(N3CCN(C(C)C)CC3)cc2C1. The first kappa shape index (κ1) is 23.2. The van der Waals surface area contributed by atoms with E-state index in [1.807, 2.05) is 13.8 Å². The van der Waals surface area contributed by atoms with Gasteiger partial charge in [-0.1, -0.05) is 26.5 Å². The highest BCUT2D eigenvalue weighted by atomic mass is 16.2. The monoisotopic (exact) mass is 425 g/mol. The molecule has 0 spiro atoms. The molecule has 1 fully saturated rings. The van der Waals surface area contributed by atoms with Crippen LogP contribution in [0, 0.1) is 5.92 Å². The maximum absolute atomic E-state index is 12.8. The minimum Gasteiger partial charge on any atom is -0.369 e. The molecule has 3 rings (SSSR count). The number of ketones is 2. The van der Waals surface area contributed by atoms with Crippen LogP contribution in [0.25, 0.3) is 0 Å². The Kier molecular flexibility index (Phi) is 7.31. The van der Waals surface area contributed by atoms with Crippen molar-refractivity contribution in [1.29, 1.82) is 0 Å². The van der Waals surface area contributed by atoms with Gasteiger partial charge in [-0.05, 0) is 43.0 Å². The van der Waals surface area contributed by atoms with E-state index in [0.717, 1.165) is 37.3 Å². The molecule has 1 amide bonds. The van der Waals surface area contributed by atoms with Crippen molar-refractivity contribution in [1.82, 2.24) is 9.80 Å². The average molecular weight is 426 g/mol. The van der Waals surface area contributed by atoms with Crippen LogP contribution in [0.4, 0.5) is 5.69 Å². The minimum absolute atomic E-state index is 0.0880. The molecule has 1 aromatic rings. The molecule has 6 heteroatoms. The summed E-state index contributed by atoms with van der Waals surface area (Å²) in [4.78, 5) is 43.7. The summed E-state index contributed by atoms with van der Waals surface area (Å²) in [5.41, 5.74) is 3.32. The molecule has 6 nitrogen and oxygen atoms in total. The normalized spacial score (nSPS) is 16.7. The van der Waals surface area contributed by atoms with E-state index in [0.29, 0.717) is 25.6 Å². The Morgan fingerprint density at radius 1 is 0.968 bits per heavy atom. The van der Waals surface area contributed by atoms with Crippen LogP contribution in [0.1, 0.15) is 51.7 Å². The number of rotatable bonds is 8. The Morgan fingerprint density at radius 2 is 1.61 bits per heavy atom. The summed E-state index contributed by atoms with van der Waals surface area (Å²) in [5.74, 6) is -0.776. The maximum atomic E-state index is 12.8. The second-order valence-electron chi connectivity index (χ2n) is 9.45. The minimum atomic E-state index is -0.463. The molecule has 0 N–H and O–H groups in total. The highest BCUT2D eigenvalue weighted by Crippen LogP contribution is 2.29. The quantitative estimate of drug-likeness (QED) is 0.364. The summed E-state index contributed by atoms with van der Waals surface area (Å²) in [6, 6.07) is 6.95. The van der Waals surface area contributed by atoms with Gasteiger partial charge in [-0.25, -0.2) is 0 Å². The number of nitrogens with zero attached hydrogens (tertiary/aromatic N) is 3. The second kappa shape index (κ2) is 9.77. The lowest BCUT2D eigenvalue weighted by Gasteiger charge is -2.38. The maximum Gasteiger partial charge on any atom is 0.257 e. The zero-order valence-electron chi connectivity index (χ0n) is 19.3. The zero-order valence-corrected chi connectivity index (χ0v) is 19.3. The number of carbonyl (C=O) groups is 3. The summed E-state index contributed by atoms with van der Waals surface area (Å²) >= 11 is 0. The van der Waals surface area contributed by atoms with E-state index >= 15 is 0 Å². The lowest BCUT2D eigenvalue weighted by Crippen LogP contribution is -2.48. The van der Waals surface area contributed by atoms with Gasteiger partial charge in [-0.15, -0.1) is 0 Å². The highest BCUT2D eigenvalue weighted by Gasteiger charge is 2.29. The van der Waals surface area contributed by atoms with Gasteiger partial charge in [0.15, 0.2) is 5.78 Å². The van der Waals surface area contributed by atoms with Crippen molar-refractivity contribution in [3.63, 3.8) is 0 Å². The van der Waals surface area contributed by atoms with Crippen LogP contribution < -0.4 is 4.90 Å². The van der Waals surface area contributed by atoms with Gasteiger partial charge in [-0.3, -0.25) is 19.3 Å². The number of Topliss-reactive ketones (excluding diaryl/α,β-unsaturated/α-hetero) is 2. The van der Waals surface area contributed by atoms with E-state index in [4.69, 9.17) is 0 Å². The molecule has 1 aromatic carbocycles. The van der Waals surface area contributed by atoms with Crippen LogP contribution in [0.3, 0.4) is 0 Å². The van der Waals surface area contributed by atoms with Crippen molar-refractivity contribution in [2.45, 2.75) is 59.7 Å². The fraction of sp³-hybridized carbons (Fsp3) is 0.560. The molecule has 0 unspecified atom stereocenters. The van der Waals surface area contributed by atoms with E-state index in [9.17, 15) is 14.4 Å². The van der Waals surface area contributed by atoms with Gasteiger partial charge < -0.3 is 9.80 Å². The Balaban J connectivity index is 1.59. The van der Waals surface area contributed by atoms with Crippen molar-refractivity contribution in [2.75, 3.05) is 31.1 Å². The third-order valence-electron chi connectivity index (χ3n) is 6.20. The van der Waals surface area contributed by atoms with Crippen LogP contribution in [0.5, 0.6) is 0 Å². The Hall–Kier alpha value is -2.47. The number of amides is 1. The van der Waals surface area contributed by atoms with Gasteiger partial charge in [-0.2, -0.15) is 0 Å². The molecule has 0 bridgehead atoms. The van der Waals surface area contributed by atoms with Crippen LogP contribution in [0.15, 0.2) is 30.4 Å². The smallest absolute Gasteiger partial charge is 0.257 e. The number of hydrogen-bond donors (Lipinski definition) is 0. The van der Waals surface area contributed by atoms with Crippen molar-refractivity contribution in [3.8, 4) is 0 Å². The molecular weight excluding hydrogens is 390 g/mol. The molecule has 0 radical (unpaired) electrons. The summed E-state index contributed by atoms with van der Waals surface area (Å²) in [6.07, 6.45) is 0.104. The van der Waals surface area contributed by atoms with E-state index < -0.39 is 5.78 Å². The number of benzene rings is 1. The molecule has 2 heterocycles. The standard InChI is InChI=1S/C25H35N3O3/c1-17(2)12-23(29)14-24(30)19(5)25(31)28-15-20-6-7-22(13-21(20)16-28)27-10-8-26(9-11-27)18(3)4/h6-7,13,17-18H,5,8-12,14-16H2,1-4H3. The van der Waals surface area contributed by atoms with E-state index in [1.165, 1.54) is 5.69 Å². The third kappa shape index (κ3) is 5.62. The topological polar surface area (TPSA) is 60.9 Å². The third-order valence-corrected chi connectivity index (χ3v) is 6.20. The van der Waals surface area contributed by atoms with Gasteiger partial charge in [0.05, 0.1) is 12.0 Å². The largest absolute Gasteiger partial charge is 0.369 e. The molecular formula is C25H35N3O3. The van der Waals surface area contributed by atoms with Gasteiger partial charge in [0, 0.05) is 57.4 Å². The molecule has 168 valence electrons. The van der Waals surface area contributed by atoms with Gasteiger partial charge >= 0.3 is 0 Å². The number of piperazine rings is 1. The van der Waals surface area contributed by atoms with Crippen LogP contribution >= 0.6 is 0 Å². The van der Waals surface area contributed by atoms with Crippen molar-refractivity contribution >= 4 is 23.2 Å². The summed E-state index contributed by atoms with van der Waals surface area (Å²) in [5, 5.41) is 0. The Bertz CT molecular complexity index is 867. The zero-order chi connectivity index (χ0) is 22.7. The highest BCUT2D eigenvalue weighted by molar-refractivity contribution is 6.22. The van der Waals surface area contributed by atoms with Crippen LogP contribution in [-0.4, -0.2) is 59.5 Å². The first-order valence-corrected chi connectivity index (χ1v) is 11.3. The van der Waals surface area contributed by atoms with E-state index in [2.05, 4.69) is 48.4 Å². The molecule has 1 saturated heterocycles. The molecule has 2 aliphatic rings. The van der Waals surface area contributed by atoms with Gasteiger partial charge in [0.2, 0.25) is 0 Å². The average Bonchev–Trinajstić information content (AvgIpc) is 3.15. The summed E-state index contributed by atoms with van der Waals surface area (Å²) in [7, 11) is 0. The Morgan fingerprint density at radius 3 is 2.23 bits per heavy atom. The van der Waals surface area contributed by atoms with Gasteiger partial charge in [0.1, 0.15) is 5.78 Å². The van der Waals surface area contributed by atoms with E-state index in [-0.39, 0.29) is 29.6 Å². The lowest BCUT2D eigenvalue weighted by atomic mass is 10.0. The first-order valence-electron chi connectivity index (χ1n) is 11.3. The predicted molar refractivity (Wildman–Crippen MR) is 123 cm³/mol. The summed E-state index contributed by atoms with van der Waals surface area (Å²) < 4.78 is 0. The van der Waals surface area contributed by atoms with Gasteiger partial charge in [0.25, 0.3) is 5.91 Å². The molecule has 0 saturated carbocycles. The summed E-state index contributed by atoms with van der Waals surface area (Å²) in [6.45, 7) is 17.1. The number of anilines is 1. The fourth-order valence-electron chi connectivity index (χ4n) is 4.34. The van der Waals surface area contributed by atoms with Crippen LogP contribution in [0.2, 0.25) is 0 Å². The lowest BCUT2D eigenvalue weighted by molar-refractivity contribution is -0.131. The first-order chi connectivity index (χ1) is 14.7. The van der Waals surface area contributed by atoms with Crippen molar-refractivity contribution < 1.29 is 14.4 Å². The number of carbonyl (C=O) groups excluding carboxylic acids is 3. The molecule has 0 atom stereocenters. The van der Waals surface area contributed by atoms with Crippen LogP contribution in [-0.2, 0) is 27.5 Å². The van der Waals surface area contributed by atoms with Crippen molar-refractivity contribution in [3.05, 3.63) is 41.5 Å². The molecule has 31 heavy (non-hydrogen) atoms. The second-order valence-corrected chi connectivity index (χ2v) is 9.45.